The van der Waals surface area contributed by atoms with Gasteiger partial charge in [-0.1, -0.05) is 47.5 Å². The molecule has 0 amide bonds. The van der Waals surface area contributed by atoms with Crippen molar-refractivity contribution >= 4 is 15.9 Å². The summed E-state index contributed by atoms with van der Waals surface area (Å²) in [5.41, 5.74) is 1.37. The molecule has 0 saturated carbocycles. The molecule has 1 N–H and O–H groups in total. The lowest BCUT2D eigenvalue weighted by Gasteiger charge is -2.32. The van der Waals surface area contributed by atoms with Gasteiger partial charge in [0.05, 0.1) is 0 Å². The minimum Gasteiger partial charge on any atom is -0.313 e. The molecule has 1 aromatic rings. The van der Waals surface area contributed by atoms with Gasteiger partial charge in [-0.15, -0.1) is 0 Å². The molecule has 1 aromatic carbocycles. The summed E-state index contributed by atoms with van der Waals surface area (Å²) in [6.07, 6.45) is 5.30. The first-order chi connectivity index (χ1) is 9.74. The highest BCUT2D eigenvalue weighted by molar-refractivity contribution is 9.10. The molecular weight excluding hydrogens is 312 g/mol. The second-order valence-corrected chi connectivity index (χ2v) is 6.70. The van der Waals surface area contributed by atoms with E-state index in [2.05, 4.69) is 64.4 Å². The Kier molecular flexibility index (Phi) is 6.53. The van der Waals surface area contributed by atoms with Crippen molar-refractivity contribution in [3.05, 3.63) is 34.3 Å². The maximum Gasteiger partial charge on any atom is 0.0340 e. The van der Waals surface area contributed by atoms with E-state index in [1.54, 1.807) is 0 Å². The molecule has 3 heteroatoms. The van der Waals surface area contributed by atoms with Gasteiger partial charge in [0, 0.05) is 10.5 Å². The van der Waals surface area contributed by atoms with Crippen LogP contribution in [0.5, 0.6) is 0 Å². The molecule has 1 aliphatic rings. The summed E-state index contributed by atoms with van der Waals surface area (Å²) in [6, 6.07) is 8.99. The van der Waals surface area contributed by atoms with E-state index in [0.29, 0.717) is 6.04 Å². The fourth-order valence-electron chi connectivity index (χ4n) is 3.14. The molecule has 112 valence electrons. The van der Waals surface area contributed by atoms with Crippen molar-refractivity contribution in [2.45, 2.75) is 38.6 Å². The molecule has 2 nitrogen and oxygen atoms in total. The zero-order valence-corrected chi connectivity index (χ0v) is 14.3. The fourth-order valence-corrected chi connectivity index (χ4v) is 3.70. The van der Waals surface area contributed by atoms with Gasteiger partial charge in [-0.3, -0.25) is 0 Å². The van der Waals surface area contributed by atoms with E-state index in [9.17, 15) is 0 Å². The highest BCUT2D eigenvalue weighted by Gasteiger charge is 2.19. The van der Waals surface area contributed by atoms with Crippen molar-refractivity contribution in [3.8, 4) is 0 Å². The lowest BCUT2D eigenvalue weighted by atomic mass is 9.94. The molecule has 1 unspecified atom stereocenters. The third-order valence-corrected chi connectivity index (χ3v) is 5.37. The molecule has 0 spiro atoms. The first-order valence-electron chi connectivity index (χ1n) is 7.88. The predicted octanol–water partition coefficient (Wildman–Crippen LogP) is 4.22. The summed E-state index contributed by atoms with van der Waals surface area (Å²) in [5.74, 6) is 0.967. The van der Waals surface area contributed by atoms with Crippen LogP contribution >= 0.6 is 15.9 Å². The molecule has 1 saturated heterocycles. The fraction of sp³-hybridized carbons (Fsp3) is 0.647. The van der Waals surface area contributed by atoms with E-state index in [1.165, 1.54) is 55.4 Å². The zero-order chi connectivity index (χ0) is 14.4. The molecule has 2 rings (SSSR count). The number of nitrogens with zero attached hydrogens (tertiary/aromatic N) is 1. The van der Waals surface area contributed by atoms with E-state index < -0.39 is 0 Å². The van der Waals surface area contributed by atoms with Gasteiger partial charge in [-0.25, -0.2) is 0 Å². The third-order valence-electron chi connectivity index (χ3n) is 4.65. The Balaban J connectivity index is 1.84. The van der Waals surface area contributed by atoms with Crippen molar-refractivity contribution in [1.29, 1.82) is 0 Å². The predicted molar refractivity (Wildman–Crippen MR) is 90.0 cm³/mol. The Morgan fingerprint density at radius 2 is 2.00 bits per heavy atom. The minimum absolute atomic E-state index is 0.439. The van der Waals surface area contributed by atoms with Crippen LogP contribution in [0, 0.1) is 5.92 Å². The maximum atomic E-state index is 3.67. The van der Waals surface area contributed by atoms with Gasteiger partial charge >= 0.3 is 0 Å². The molecular formula is C17H27BrN2. The summed E-state index contributed by atoms with van der Waals surface area (Å²) in [5, 5.41) is 3.46. The van der Waals surface area contributed by atoms with Crippen LogP contribution in [0.25, 0.3) is 0 Å². The molecule has 0 aliphatic carbocycles. The second kappa shape index (κ2) is 8.16. The number of benzene rings is 1. The van der Waals surface area contributed by atoms with Gasteiger partial charge in [0.15, 0.2) is 0 Å². The summed E-state index contributed by atoms with van der Waals surface area (Å²) < 4.78 is 1.21. The second-order valence-electron chi connectivity index (χ2n) is 5.84. The summed E-state index contributed by atoms with van der Waals surface area (Å²) >= 11 is 3.67. The van der Waals surface area contributed by atoms with Gasteiger partial charge in [0.1, 0.15) is 0 Å². The van der Waals surface area contributed by atoms with Crippen LogP contribution < -0.4 is 5.32 Å². The lowest BCUT2D eigenvalue weighted by molar-refractivity contribution is 0.175. The highest BCUT2D eigenvalue weighted by atomic mass is 79.9. The molecule has 20 heavy (non-hydrogen) atoms. The summed E-state index contributed by atoms with van der Waals surface area (Å²) in [4.78, 5) is 2.63. The van der Waals surface area contributed by atoms with E-state index in [4.69, 9.17) is 0 Å². The van der Waals surface area contributed by atoms with Gasteiger partial charge in [-0.2, -0.15) is 0 Å². The van der Waals surface area contributed by atoms with E-state index in [0.717, 1.165) is 5.92 Å². The summed E-state index contributed by atoms with van der Waals surface area (Å²) in [6.45, 7) is 6.09. The normalized spacial score (nSPS) is 19.1. The van der Waals surface area contributed by atoms with Gasteiger partial charge in [0.25, 0.3) is 0 Å². The maximum absolute atomic E-state index is 3.67. The Morgan fingerprint density at radius 1 is 1.30 bits per heavy atom. The van der Waals surface area contributed by atoms with Crippen LogP contribution in [0.2, 0.25) is 0 Å². The average molecular weight is 339 g/mol. The third kappa shape index (κ3) is 4.31. The van der Waals surface area contributed by atoms with Crippen LogP contribution in [0.1, 0.15) is 44.2 Å². The smallest absolute Gasteiger partial charge is 0.0340 e. The molecule has 1 heterocycles. The number of rotatable bonds is 6. The first kappa shape index (κ1) is 16.0. The topological polar surface area (TPSA) is 15.3 Å². The minimum atomic E-state index is 0.439. The van der Waals surface area contributed by atoms with Crippen molar-refractivity contribution < 1.29 is 0 Å². The number of nitrogens with one attached hydrogen (secondary N) is 1. The largest absolute Gasteiger partial charge is 0.313 e. The zero-order valence-electron chi connectivity index (χ0n) is 12.7. The van der Waals surface area contributed by atoms with Gasteiger partial charge in [-0.05, 0) is 63.5 Å². The number of hydrogen-bond acceptors (Lipinski definition) is 2. The van der Waals surface area contributed by atoms with Gasteiger partial charge in [0.2, 0.25) is 0 Å². The summed E-state index contributed by atoms with van der Waals surface area (Å²) in [7, 11) is 2.06. The molecule has 1 atom stereocenters. The van der Waals surface area contributed by atoms with Crippen LogP contribution in [0.3, 0.4) is 0 Å². The lowest BCUT2D eigenvalue weighted by Crippen LogP contribution is -2.35. The molecule has 0 radical (unpaired) electrons. The van der Waals surface area contributed by atoms with Crippen LogP contribution in [0.15, 0.2) is 28.7 Å². The van der Waals surface area contributed by atoms with Crippen molar-refractivity contribution in [2.24, 2.45) is 5.92 Å². The van der Waals surface area contributed by atoms with Crippen molar-refractivity contribution in [1.82, 2.24) is 10.2 Å². The SMILES string of the molecule is CCC1CCN(CCC(NC)c2ccccc2Br)CC1. The Morgan fingerprint density at radius 3 is 2.60 bits per heavy atom. The van der Waals surface area contributed by atoms with E-state index in [-0.39, 0.29) is 0 Å². The first-order valence-corrected chi connectivity index (χ1v) is 8.68. The monoisotopic (exact) mass is 338 g/mol. The average Bonchev–Trinajstić information content (AvgIpc) is 2.50. The van der Waals surface area contributed by atoms with Gasteiger partial charge < -0.3 is 10.2 Å². The Hall–Kier alpha value is -0.380. The quantitative estimate of drug-likeness (QED) is 0.835. The molecule has 0 bridgehead atoms. The van der Waals surface area contributed by atoms with Crippen LogP contribution in [-0.2, 0) is 0 Å². The highest BCUT2D eigenvalue weighted by Crippen LogP contribution is 2.26. The number of piperidine rings is 1. The Labute approximate surface area is 132 Å². The van der Waals surface area contributed by atoms with E-state index >= 15 is 0 Å². The number of likely N-dealkylation sites (tertiary alicyclic amines) is 1. The van der Waals surface area contributed by atoms with E-state index in [1.807, 2.05) is 0 Å². The molecule has 1 aliphatic heterocycles. The van der Waals surface area contributed by atoms with Crippen molar-refractivity contribution in [3.63, 3.8) is 0 Å². The molecule has 1 fully saturated rings. The number of hydrogen-bond donors (Lipinski definition) is 1. The molecule has 0 aromatic heterocycles. The standard InChI is InChI=1S/C17H27BrN2/c1-3-14-8-11-20(12-9-14)13-10-17(19-2)15-6-4-5-7-16(15)18/h4-7,14,17,19H,3,8-13H2,1-2H3. The van der Waals surface area contributed by atoms with Crippen molar-refractivity contribution in [2.75, 3.05) is 26.7 Å². The Bertz CT molecular complexity index is 400. The van der Waals surface area contributed by atoms with Crippen LogP contribution in [0.4, 0.5) is 0 Å². The van der Waals surface area contributed by atoms with Crippen LogP contribution in [-0.4, -0.2) is 31.6 Å². The number of halogens is 1.